The van der Waals surface area contributed by atoms with Gasteiger partial charge >= 0.3 is 0 Å². The maximum Gasteiger partial charge on any atom is 0.242 e. The number of amides is 1. The Hall–Kier alpha value is -1.56. The van der Waals surface area contributed by atoms with Crippen LogP contribution >= 0.6 is 15.9 Å². The van der Waals surface area contributed by atoms with E-state index in [1.807, 2.05) is 23.1 Å². The second-order valence-electron chi connectivity index (χ2n) is 5.13. The first-order valence-corrected chi connectivity index (χ1v) is 7.63. The average Bonchev–Trinajstić information content (AvgIpc) is 2.76. The number of likely N-dealkylation sites (tertiary alicyclic amines) is 1. The lowest BCUT2D eigenvalue weighted by Crippen LogP contribution is -2.37. The van der Waals surface area contributed by atoms with Gasteiger partial charge in [-0.1, -0.05) is 15.9 Å². The van der Waals surface area contributed by atoms with Crippen molar-refractivity contribution in [1.82, 2.24) is 14.5 Å². The zero-order chi connectivity index (χ0) is 14.1. The molecule has 1 aromatic heterocycles. The summed E-state index contributed by atoms with van der Waals surface area (Å²) in [5.74, 6) is 0.513. The van der Waals surface area contributed by atoms with Crippen molar-refractivity contribution in [2.45, 2.75) is 25.8 Å². The molecule has 3 rings (SSSR count). The first kappa shape index (κ1) is 13.4. The number of rotatable bonds is 2. The Morgan fingerprint density at radius 1 is 1.30 bits per heavy atom. The van der Waals surface area contributed by atoms with Crippen molar-refractivity contribution in [3.8, 4) is 0 Å². The first-order valence-electron chi connectivity index (χ1n) is 6.84. The van der Waals surface area contributed by atoms with Crippen molar-refractivity contribution in [2.75, 3.05) is 18.8 Å². The number of piperidine rings is 1. The molecule has 0 bridgehead atoms. The number of nitrogens with two attached hydrogens (primary N) is 1. The van der Waals surface area contributed by atoms with E-state index in [1.165, 1.54) is 6.42 Å². The molecule has 0 aliphatic carbocycles. The van der Waals surface area contributed by atoms with E-state index in [4.69, 9.17) is 5.73 Å². The topological polar surface area (TPSA) is 64.1 Å². The highest BCUT2D eigenvalue weighted by molar-refractivity contribution is 9.10. The molecule has 2 heterocycles. The lowest BCUT2D eigenvalue weighted by Gasteiger charge is -2.27. The summed E-state index contributed by atoms with van der Waals surface area (Å²) in [4.78, 5) is 18.6. The van der Waals surface area contributed by atoms with E-state index in [1.54, 1.807) is 4.57 Å². The van der Waals surface area contributed by atoms with Gasteiger partial charge in [0.2, 0.25) is 11.9 Å². The molecule has 1 aliphatic heterocycles. The fourth-order valence-corrected chi connectivity index (χ4v) is 3.01. The summed E-state index contributed by atoms with van der Waals surface area (Å²) in [5.41, 5.74) is 7.65. The van der Waals surface area contributed by atoms with Crippen LogP contribution in [-0.2, 0) is 11.3 Å². The molecule has 0 spiro atoms. The highest BCUT2D eigenvalue weighted by Crippen LogP contribution is 2.22. The van der Waals surface area contributed by atoms with Gasteiger partial charge in [-0.2, -0.15) is 0 Å². The van der Waals surface area contributed by atoms with Gasteiger partial charge in [0.25, 0.3) is 0 Å². The number of carbonyl (C=O) groups is 1. The third-order valence-corrected chi connectivity index (χ3v) is 4.24. The van der Waals surface area contributed by atoms with Crippen LogP contribution in [0.15, 0.2) is 22.7 Å². The highest BCUT2D eigenvalue weighted by Gasteiger charge is 2.19. The Morgan fingerprint density at radius 3 is 2.80 bits per heavy atom. The van der Waals surface area contributed by atoms with Crippen molar-refractivity contribution < 1.29 is 4.79 Å². The quantitative estimate of drug-likeness (QED) is 0.915. The molecule has 2 N–H and O–H groups in total. The monoisotopic (exact) mass is 336 g/mol. The molecule has 0 atom stereocenters. The minimum absolute atomic E-state index is 0.121. The van der Waals surface area contributed by atoms with Crippen LogP contribution < -0.4 is 5.73 Å². The van der Waals surface area contributed by atoms with Gasteiger partial charge in [-0.25, -0.2) is 4.98 Å². The summed E-state index contributed by atoms with van der Waals surface area (Å²) in [5, 5.41) is 0. The maximum absolute atomic E-state index is 12.4. The number of carbonyl (C=O) groups excluding carboxylic acids is 1. The van der Waals surface area contributed by atoms with Crippen LogP contribution in [0.2, 0.25) is 0 Å². The number of aromatic nitrogens is 2. The largest absolute Gasteiger partial charge is 0.369 e. The standard InChI is InChI=1S/C14H17BrN4O/c15-10-4-5-11-12(8-10)19(14(16)17-11)9-13(20)18-6-2-1-3-7-18/h4-5,8H,1-3,6-7,9H2,(H2,16,17). The molecular formula is C14H17BrN4O. The zero-order valence-electron chi connectivity index (χ0n) is 11.2. The Kier molecular flexibility index (Phi) is 3.65. The second kappa shape index (κ2) is 5.44. The lowest BCUT2D eigenvalue weighted by molar-refractivity contribution is -0.132. The normalized spacial score (nSPS) is 15.8. The van der Waals surface area contributed by atoms with Crippen LogP contribution in [0.25, 0.3) is 11.0 Å². The Labute approximate surface area is 125 Å². The predicted molar refractivity (Wildman–Crippen MR) is 82.3 cm³/mol. The molecule has 1 aromatic carbocycles. The molecule has 5 nitrogen and oxygen atoms in total. The third-order valence-electron chi connectivity index (χ3n) is 3.74. The summed E-state index contributed by atoms with van der Waals surface area (Å²) >= 11 is 3.44. The van der Waals surface area contributed by atoms with Crippen molar-refractivity contribution in [1.29, 1.82) is 0 Å². The molecule has 6 heteroatoms. The molecule has 2 aromatic rings. The van der Waals surface area contributed by atoms with E-state index >= 15 is 0 Å². The van der Waals surface area contributed by atoms with E-state index in [2.05, 4.69) is 20.9 Å². The van der Waals surface area contributed by atoms with Gasteiger partial charge in [-0.05, 0) is 37.5 Å². The molecule has 0 saturated carbocycles. The summed E-state index contributed by atoms with van der Waals surface area (Å²) in [6.07, 6.45) is 3.40. The molecule has 1 fully saturated rings. The van der Waals surface area contributed by atoms with Crippen LogP contribution in [0.3, 0.4) is 0 Å². The number of halogens is 1. The average molecular weight is 337 g/mol. The van der Waals surface area contributed by atoms with E-state index < -0.39 is 0 Å². The van der Waals surface area contributed by atoms with Crippen LogP contribution in [0, 0.1) is 0 Å². The van der Waals surface area contributed by atoms with Gasteiger partial charge in [0.05, 0.1) is 11.0 Å². The highest BCUT2D eigenvalue weighted by atomic mass is 79.9. The van der Waals surface area contributed by atoms with Crippen LogP contribution in [-0.4, -0.2) is 33.4 Å². The van der Waals surface area contributed by atoms with E-state index in [9.17, 15) is 4.79 Å². The summed E-state index contributed by atoms with van der Waals surface area (Å²) in [7, 11) is 0. The van der Waals surface area contributed by atoms with Crippen LogP contribution in [0.1, 0.15) is 19.3 Å². The molecule has 1 saturated heterocycles. The number of benzene rings is 1. The van der Waals surface area contributed by atoms with Crippen LogP contribution in [0.5, 0.6) is 0 Å². The van der Waals surface area contributed by atoms with Gasteiger partial charge < -0.3 is 15.2 Å². The van der Waals surface area contributed by atoms with E-state index in [0.717, 1.165) is 41.4 Å². The van der Waals surface area contributed by atoms with Crippen molar-refractivity contribution in [3.05, 3.63) is 22.7 Å². The molecular weight excluding hydrogens is 320 g/mol. The van der Waals surface area contributed by atoms with Gasteiger partial charge in [0.15, 0.2) is 0 Å². The Morgan fingerprint density at radius 2 is 2.05 bits per heavy atom. The number of imidazole rings is 1. The summed E-state index contributed by atoms with van der Waals surface area (Å²) in [6.45, 7) is 1.98. The van der Waals surface area contributed by atoms with Crippen molar-refractivity contribution >= 4 is 38.8 Å². The number of nitrogen functional groups attached to an aromatic ring is 1. The number of fused-ring (bicyclic) bond motifs is 1. The number of anilines is 1. The predicted octanol–water partition coefficient (Wildman–Crippen LogP) is 2.39. The fraction of sp³-hybridized carbons (Fsp3) is 0.429. The molecule has 20 heavy (non-hydrogen) atoms. The van der Waals surface area contributed by atoms with E-state index in [-0.39, 0.29) is 12.5 Å². The second-order valence-corrected chi connectivity index (χ2v) is 6.05. The summed E-state index contributed by atoms with van der Waals surface area (Å²) < 4.78 is 2.74. The molecule has 1 aliphatic rings. The van der Waals surface area contributed by atoms with Gasteiger partial charge in [-0.15, -0.1) is 0 Å². The fourth-order valence-electron chi connectivity index (χ4n) is 2.66. The smallest absolute Gasteiger partial charge is 0.242 e. The van der Waals surface area contributed by atoms with Crippen molar-refractivity contribution in [2.24, 2.45) is 0 Å². The van der Waals surface area contributed by atoms with E-state index in [0.29, 0.717) is 5.95 Å². The van der Waals surface area contributed by atoms with Gasteiger partial charge in [0.1, 0.15) is 6.54 Å². The molecule has 0 radical (unpaired) electrons. The SMILES string of the molecule is Nc1nc2ccc(Br)cc2n1CC(=O)N1CCCCC1. The molecule has 1 amide bonds. The summed E-state index contributed by atoms with van der Waals surface area (Å²) in [6, 6.07) is 5.77. The number of hydrogen-bond donors (Lipinski definition) is 1. The van der Waals surface area contributed by atoms with Crippen molar-refractivity contribution in [3.63, 3.8) is 0 Å². The number of hydrogen-bond acceptors (Lipinski definition) is 3. The minimum Gasteiger partial charge on any atom is -0.369 e. The zero-order valence-corrected chi connectivity index (χ0v) is 12.8. The number of nitrogens with zero attached hydrogens (tertiary/aromatic N) is 3. The van der Waals surface area contributed by atoms with Gasteiger partial charge in [0, 0.05) is 17.6 Å². The lowest BCUT2D eigenvalue weighted by atomic mass is 10.1. The maximum atomic E-state index is 12.4. The first-order chi connectivity index (χ1) is 9.65. The minimum atomic E-state index is 0.121. The Balaban J connectivity index is 1.88. The van der Waals surface area contributed by atoms with Crippen LogP contribution in [0.4, 0.5) is 5.95 Å². The van der Waals surface area contributed by atoms with Gasteiger partial charge in [-0.3, -0.25) is 4.79 Å². The molecule has 106 valence electrons. The Bertz CT molecular complexity index is 646. The third kappa shape index (κ3) is 2.52. The molecule has 0 unspecified atom stereocenters.